The van der Waals surface area contributed by atoms with Crippen molar-refractivity contribution in [3.8, 4) is 5.75 Å². The minimum absolute atomic E-state index is 0.119. The summed E-state index contributed by atoms with van der Waals surface area (Å²) in [6, 6.07) is 12.6. The molecule has 4 N–H and O–H groups in total. The summed E-state index contributed by atoms with van der Waals surface area (Å²) in [6.07, 6.45) is 2.08. The van der Waals surface area contributed by atoms with E-state index in [0.717, 1.165) is 16.1 Å². The van der Waals surface area contributed by atoms with Gasteiger partial charge in [0.1, 0.15) is 11.4 Å². The number of nitrogens with one attached hydrogen (secondary N) is 2. The zero-order chi connectivity index (χ0) is 25.8. The van der Waals surface area contributed by atoms with Crippen molar-refractivity contribution in [3.63, 3.8) is 0 Å². The summed E-state index contributed by atoms with van der Waals surface area (Å²) in [6.45, 7) is 5.16. The lowest BCUT2D eigenvalue weighted by Gasteiger charge is -2.24. The second-order valence-electron chi connectivity index (χ2n) is 8.69. The number of nitrogens with two attached hydrogens (primary N) is 1. The van der Waals surface area contributed by atoms with Gasteiger partial charge in [0.25, 0.3) is 5.91 Å². The molecule has 2 aromatic carbocycles. The molecule has 1 aliphatic rings. The van der Waals surface area contributed by atoms with E-state index in [1.165, 1.54) is 24.6 Å². The summed E-state index contributed by atoms with van der Waals surface area (Å²) in [5.41, 5.74) is 9.47. The first-order valence-electron chi connectivity index (χ1n) is 11.4. The largest absolute Gasteiger partial charge is 0.497 e. The lowest BCUT2D eigenvalue weighted by molar-refractivity contribution is -0.423. The Bertz CT molecular complexity index is 1300. The van der Waals surface area contributed by atoms with Gasteiger partial charge in [-0.15, -0.1) is 11.3 Å². The molecule has 0 fully saturated rings. The average Bonchev–Trinajstić information content (AvgIpc) is 3.29. The van der Waals surface area contributed by atoms with Gasteiger partial charge in [-0.05, 0) is 40.7 Å². The van der Waals surface area contributed by atoms with Crippen LogP contribution in [0.5, 0.6) is 5.75 Å². The first-order chi connectivity index (χ1) is 17.2. The molecule has 0 unspecified atom stereocenters. The van der Waals surface area contributed by atoms with E-state index in [2.05, 4.69) is 29.5 Å². The highest BCUT2D eigenvalue weighted by Crippen LogP contribution is 2.29. The van der Waals surface area contributed by atoms with Crippen LogP contribution in [0.1, 0.15) is 45.7 Å². The number of hydrogen-bond donors (Lipinski definition) is 3. The Balaban J connectivity index is 1.46. The fourth-order valence-corrected chi connectivity index (χ4v) is 4.80. The number of amides is 1. The predicted octanol–water partition coefficient (Wildman–Crippen LogP) is 4.66. The Morgan fingerprint density at radius 1 is 1.25 bits per heavy atom. The minimum atomic E-state index is -0.435. The molecule has 36 heavy (non-hydrogen) atoms. The Hall–Kier alpha value is -4.12. The number of nitrogens with zero attached hydrogens (tertiary/aromatic N) is 3. The van der Waals surface area contributed by atoms with Crippen molar-refractivity contribution in [1.82, 2.24) is 9.88 Å². The molecule has 0 bridgehead atoms. The first kappa shape index (κ1) is 25.0. The van der Waals surface area contributed by atoms with Gasteiger partial charge in [-0.25, -0.2) is 10.3 Å². The first-order valence-corrected chi connectivity index (χ1v) is 12.3. The maximum Gasteiger partial charge on any atom is 0.337 e. The van der Waals surface area contributed by atoms with Crippen molar-refractivity contribution >= 4 is 34.3 Å². The predicted molar refractivity (Wildman–Crippen MR) is 141 cm³/mol. The molecular formula is C25H28N6O4S. The Labute approximate surface area is 212 Å². The number of anilines is 3. The standard InChI is InChI=1S/C25H28N6O4S/c1-15(2)16-4-6-17(7-5-16)27-23(31(33)34)14-30-11-10-20-22(13-30)36-25(29-20)24(32)28-21-12-18(35-3)8-9-19(21)26/h4-9,12,14-15,27H,10-11,13,26H2,1-3H3,(H,28,32). The highest BCUT2D eigenvalue weighted by molar-refractivity contribution is 7.13. The van der Waals surface area contributed by atoms with E-state index in [1.54, 1.807) is 18.2 Å². The van der Waals surface area contributed by atoms with Crippen LogP contribution in [-0.2, 0) is 13.0 Å². The van der Waals surface area contributed by atoms with Crippen LogP contribution in [0.3, 0.4) is 0 Å². The number of carbonyl (C=O) groups is 1. The number of benzene rings is 2. The number of thiazole rings is 1. The molecule has 4 rings (SSSR count). The molecule has 0 saturated heterocycles. The van der Waals surface area contributed by atoms with Crippen molar-refractivity contribution in [2.45, 2.75) is 32.7 Å². The maximum atomic E-state index is 12.8. The number of carbonyl (C=O) groups excluding carboxylic acids is 1. The minimum Gasteiger partial charge on any atom is -0.497 e. The topological polar surface area (TPSA) is 136 Å². The monoisotopic (exact) mass is 508 g/mol. The van der Waals surface area contributed by atoms with Crippen molar-refractivity contribution < 1.29 is 14.5 Å². The van der Waals surface area contributed by atoms with E-state index in [-0.39, 0.29) is 11.7 Å². The summed E-state index contributed by atoms with van der Waals surface area (Å²) in [5, 5.41) is 17.7. The second kappa shape index (κ2) is 10.6. The number of rotatable bonds is 8. The molecule has 1 aliphatic heterocycles. The van der Waals surface area contributed by atoms with E-state index >= 15 is 0 Å². The fourth-order valence-electron chi connectivity index (χ4n) is 3.77. The highest BCUT2D eigenvalue weighted by Gasteiger charge is 2.24. The van der Waals surface area contributed by atoms with Crippen LogP contribution >= 0.6 is 11.3 Å². The lowest BCUT2D eigenvalue weighted by atomic mass is 10.0. The maximum absolute atomic E-state index is 12.8. The Kier molecular flexibility index (Phi) is 7.39. The summed E-state index contributed by atoms with van der Waals surface area (Å²) >= 11 is 1.27. The molecule has 11 heteroatoms. The van der Waals surface area contributed by atoms with Gasteiger partial charge in [-0.2, -0.15) is 0 Å². The summed E-state index contributed by atoms with van der Waals surface area (Å²) in [4.78, 5) is 31.3. The smallest absolute Gasteiger partial charge is 0.337 e. The third-order valence-corrected chi connectivity index (χ3v) is 6.90. The van der Waals surface area contributed by atoms with E-state index in [1.807, 2.05) is 29.2 Å². The van der Waals surface area contributed by atoms with Gasteiger partial charge >= 0.3 is 5.82 Å². The third-order valence-electron chi connectivity index (χ3n) is 5.81. The molecule has 0 spiro atoms. The molecule has 0 atom stereocenters. The summed E-state index contributed by atoms with van der Waals surface area (Å²) < 4.78 is 5.19. The average molecular weight is 509 g/mol. The summed E-state index contributed by atoms with van der Waals surface area (Å²) in [7, 11) is 1.54. The van der Waals surface area contributed by atoms with Crippen LogP contribution in [0.15, 0.2) is 54.5 Å². The molecule has 0 radical (unpaired) electrons. The normalized spacial score (nSPS) is 13.3. The van der Waals surface area contributed by atoms with Gasteiger partial charge < -0.3 is 30.8 Å². The van der Waals surface area contributed by atoms with E-state index in [0.29, 0.717) is 53.2 Å². The molecule has 0 aliphatic carbocycles. The van der Waals surface area contributed by atoms with Gasteiger partial charge in [0.2, 0.25) is 0 Å². The van der Waals surface area contributed by atoms with Gasteiger partial charge in [0.05, 0.1) is 36.9 Å². The Morgan fingerprint density at radius 3 is 2.67 bits per heavy atom. The third kappa shape index (κ3) is 5.74. The van der Waals surface area contributed by atoms with Gasteiger partial charge in [-0.3, -0.25) is 4.79 Å². The molecule has 0 saturated carbocycles. The number of nitrogen functional groups attached to an aromatic ring is 1. The van der Waals surface area contributed by atoms with E-state index in [4.69, 9.17) is 10.5 Å². The van der Waals surface area contributed by atoms with Gasteiger partial charge in [0, 0.05) is 23.9 Å². The zero-order valence-electron chi connectivity index (χ0n) is 20.3. The lowest BCUT2D eigenvalue weighted by Crippen LogP contribution is -2.27. The quantitative estimate of drug-likeness (QED) is 0.227. The molecule has 2 heterocycles. The van der Waals surface area contributed by atoms with Crippen molar-refractivity contribution in [3.05, 3.63) is 85.7 Å². The second-order valence-corrected chi connectivity index (χ2v) is 9.77. The molecule has 1 aromatic heterocycles. The highest BCUT2D eigenvalue weighted by atomic mass is 32.1. The fraction of sp³-hybridized carbons (Fsp3) is 0.280. The van der Waals surface area contributed by atoms with E-state index < -0.39 is 4.92 Å². The number of ether oxygens (including phenoxy) is 1. The van der Waals surface area contributed by atoms with Crippen molar-refractivity contribution in [2.24, 2.45) is 0 Å². The summed E-state index contributed by atoms with van der Waals surface area (Å²) in [5.74, 6) is 0.471. The van der Waals surface area contributed by atoms with Gasteiger partial charge in [-0.1, -0.05) is 26.0 Å². The van der Waals surface area contributed by atoms with Crippen LogP contribution in [0.25, 0.3) is 0 Å². The number of fused-ring (bicyclic) bond motifs is 1. The molecular weight excluding hydrogens is 480 g/mol. The van der Waals surface area contributed by atoms with Gasteiger partial charge in [0.15, 0.2) is 5.01 Å². The van der Waals surface area contributed by atoms with Crippen LogP contribution in [-0.4, -0.2) is 34.4 Å². The molecule has 3 aromatic rings. The number of methoxy groups -OCH3 is 1. The zero-order valence-corrected chi connectivity index (χ0v) is 21.1. The van der Waals surface area contributed by atoms with Crippen molar-refractivity contribution in [1.29, 1.82) is 0 Å². The molecule has 10 nitrogen and oxygen atoms in total. The number of hydrogen-bond acceptors (Lipinski definition) is 9. The number of nitro groups is 1. The SMILES string of the molecule is COc1ccc(N)c(NC(=O)c2nc3c(s2)CN(C=C(Nc2ccc(C(C)C)cc2)[N+](=O)[O-])CC3)c1. The Morgan fingerprint density at radius 2 is 2.00 bits per heavy atom. The van der Waals surface area contributed by atoms with Crippen LogP contribution in [0.2, 0.25) is 0 Å². The number of aromatic nitrogens is 1. The van der Waals surface area contributed by atoms with Crippen LogP contribution in [0.4, 0.5) is 17.1 Å². The van der Waals surface area contributed by atoms with Crippen LogP contribution < -0.4 is 21.1 Å². The van der Waals surface area contributed by atoms with Crippen LogP contribution in [0, 0.1) is 10.1 Å². The van der Waals surface area contributed by atoms with Crippen molar-refractivity contribution in [2.75, 3.05) is 30.0 Å². The van der Waals surface area contributed by atoms with E-state index in [9.17, 15) is 14.9 Å². The molecule has 1 amide bonds. The molecule has 188 valence electrons.